The lowest BCUT2D eigenvalue weighted by atomic mass is 10.1. The number of nitrogens with one attached hydrogen (secondary N) is 1. The highest BCUT2D eigenvalue weighted by molar-refractivity contribution is 9.10. The molecule has 1 N–H and O–H groups in total. The third-order valence-electron chi connectivity index (χ3n) is 4.04. The van der Waals surface area contributed by atoms with Gasteiger partial charge >= 0.3 is 0 Å². The largest absolute Gasteiger partial charge is 0.496 e. The molecule has 0 heterocycles. The summed E-state index contributed by atoms with van der Waals surface area (Å²) in [7, 11) is 3.16. The van der Waals surface area contributed by atoms with Gasteiger partial charge in [-0.1, -0.05) is 35.8 Å². The molecule has 1 amide bonds. The van der Waals surface area contributed by atoms with Gasteiger partial charge in [0.1, 0.15) is 5.75 Å². The molecule has 0 aliphatic rings. The van der Waals surface area contributed by atoms with Crippen molar-refractivity contribution in [2.45, 2.75) is 26.8 Å². The van der Waals surface area contributed by atoms with Gasteiger partial charge in [0.05, 0.1) is 26.4 Å². The standard InChI is InChI=1S/C21H26BrNO4/c1-14(2)9-10-27-19-7-5-15(11-20(19)26-4)13-23-21(24)17-12-16(22)6-8-18(17)25-3/h5-8,11-12,14H,9-10,13H2,1-4H3,(H,23,24). The molecule has 0 atom stereocenters. The van der Waals surface area contributed by atoms with Gasteiger partial charge in [0.15, 0.2) is 11.5 Å². The average molecular weight is 436 g/mol. The number of carbonyl (C=O) groups is 1. The highest BCUT2D eigenvalue weighted by Crippen LogP contribution is 2.28. The maximum Gasteiger partial charge on any atom is 0.255 e. The van der Waals surface area contributed by atoms with Crippen molar-refractivity contribution in [3.8, 4) is 17.2 Å². The summed E-state index contributed by atoms with van der Waals surface area (Å²) >= 11 is 3.38. The first-order chi connectivity index (χ1) is 12.9. The van der Waals surface area contributed by atoms with Gasteiger partial charge in [-0.25, -0.2) is 0 Å². The van der Waals surface area contributed by atoms with Crippen LogP contribution >= 0.6 is 15.9 Å². The zero-order chi connectivity index (χ0) is 19.8. The third kappa shape index (κ3) is 6.17. The number of halogens is 1. The minimum absolute atomic E-state index is 0.204. The number of amides is 1. The number of benzene rings is 2. The molecule has 0 aliphatic heterocycles. The molecule has 2 aromatic rings. The number of hydrogen-bond acceptors (Lipinski definition) is 4. The van der Waals surface area contributed by atoms with Gasteiger partial charge in [-0.05, 0) is 48.2 Å². The number of ether oxygens (including phenoxy) is 3. The van der Waals surface area contributed by atoms with Crippen molar-refractivity contribution < 1.29 is 19.0 Å². The predicted octanol–water partition coefficient (Wildman–Crippen LogP) is 4.82. The van der Waals surface area contributed by atoms with Crippen LogP contribution in [0.1, 0.15) is 36.2 Å². The summed E-state index contributed by atoms with van der Waals surface area (Å²) in [5.41, 5.74) is 1.40. The van der Waals surface area contributed by atoms with Gasteiger partial charge in [0.25, 0.3) is 5.91 Å². The van der Waals surface area contributed by atoms with Crippen LogP contribution in [0.5, 0.6) is 17.2 Å². The van der Waals surface area contributed by atoms with E-state index in [2.05, 4.69) is 35.1 Å². The van der Waals surface area contributed by atoms with Crippen LogP contribution in [-0.4, -0.2) is 26.7 Å². The van der Waals surface area contributed by atoms with Gasteiger partial charge in [-0.2, -0.15) is 0 Å². The van der Waals surface area contributed by atoms with Crippen molar-refractivity contribution in [2.24, 2.45) is 5.92 Å². The fraction of sp³-hybridized carbons (Fsp3) is 0.381. The van der Waals surface area contributed by atoms with Crippen LogP contribution in [0.15, 0.2) is 40.9 Å². The minimum Gasteiger partial charge on any atom is -0.496 e. The molecule has 6 heteroatoms. The van der Waals surface area contributed by atoms with E-state index in [1.807, 2.05) is 24.3 Å². The number of carbonyl (C=O) groups excluding carboxylic acids is 1. The van der Waals surface area contributed by atoms with E-state index >= 15 is 0 Å². The Bertz CT molecular complexity index is 777. The Morgan fingerprint density at radius 2 is 1.74 bits per heavy atom. The second-order valence-electron chi connectivity index (χ2n) is 6.54. The van der Waals surface area contributed by atoms with Crippen LogP contribution in [0.2, 0.25) is 0 Å². The molecule has 0 radical (unpaired) electrons. The molecular weight excluding hydrogens is 410 g/mol. The van der Waals surface area contributed by atoms with E-state index in [1.165, 1.54) is 0 Å². The quantitative estimate of drug-likeness (QED) is 0.613. The van der Waals surface area contributed by atoms with Gasteiger partial charge in [0, 0.05) is 11.0 Å². The van der Waals surface area contributed by atoms with Crippen LogP contribution in [0, 0.1) is 5.92 Å². The second-order valence-corrected chi connectivity index (χ2v) is 7.46. The zero-order valence-electron chi connectivity index (χ0n) is 16.2. The van der Waals surface area contributed by atoms with Crippen molar-refractivity contribution in [2.75, 3.05) is 20.8 Å². The average Bonchev–Trinajstić information content (AvgIpc) is 2.66. The Morgan fingerprint density at radius 3 is 2.41 bits per heavy atom. The van der Waals surface area contributed by atoms with Crippen molar-refractivity contribution >= 4 is 21.8 Å². The maximum atomic E-state index is 12.5. The predicted molar refractivity (Wildman–Crippen MR) is 110 cm³/mol. The molecule has 0 saturated carbocycles. The molecule has 0 saturated heterocycles. The fourth-order valence-corrected chi connectivity index (χ4v) is 2.84. The van der Waals surface area contributed by atoms with Gasteiger partial charge in [-0.15, -0.1) is 0 Å². The van der Waals surface area contributed by atoms with Crippen LogP contribution in [0.4, 0.5) is 0 Å². The van der Waals surface area contributed by atoms with E-state index in [-0.39, 0.29) is 5.91 Å². The van der Waals surface area contributed by atoms with Gasteiger partial charge in [-0.3, -0.25) is 4.79 Å². The number of rotatable bonds is 9. The smallest absolute Gasteiger partial charge is 0.255 e. The van der Waals surface area contributed by atoms with E-state index in [9.17, 15) is 4.79 Å². The van der Waals surface area contributed by atoms with Crippen LogP contribution in [0.25, 0.3) is 0 Å². The Kier molecular flexibility index (Phi) is 7.98. The minimum atomic E-state index is -0.204. The first-order valence-corrected chi connectivity index (χ1v) is 9.65. The molecule has 27 heavy (non-hydrogen) atoms. The van der Waals surface area contributed by atoms with Crippen molar-refractivity contribution in [3.63, 3.8) is 0 Å². The molecule has 2 rings (SSSR count). The first-order valence-electron chi connectivity index (χ1n) is 8.86. The molecular formula is C21H26BrNO4. The summed E-state index contributed by atoms with van der Waals surface area (Å²) in [6, 6.07) is 11.0. The summed E-state index contributed by atoms with van der Waals surface area (Å²) in [5.74, 6) is 2.28. The molecule has 146 valence electrons. The highest BCUT2D eigenvalue weighted by Gasteiger charge is 2.13. The van der Waals surface area contributed by atoms with E-state index in [0.29, 0.717) is 41.9 Å². The fourth-order valence-electron chi connectivity index (χ4n) is 2.48. The van der Waals surface area contributed by atoms with E-state index in [1.54, 1.807) is 26.4 Å². The van der Waals surface area contributed by atoms with E-state index in [0.717, 1.165) is 16.5 Å². The summed E-state index contributed by atoms with van der Waals surface area (Å²) in [6.07, 6.45) is 0.982. The summed E-state index contributed by atoms with van der Waals surface area (Å²) in [5, 5.41) is 2.91. The van der Waals surface area contributed by atoms with Crippen LogP contribution in [-0.2, 0) is 6.54 Å². The SMILES string of the molecule is COc1cc(CNC(=O)c2cc(Br)ccc2OC)ccc1OCCC(C)C. The normalized spacial score (nSPS) is 10.6. The van der Waals surface area contributed by atoms with Crippen molar-refractivity contribution in [1.29, 1.82) is 0 Å². The second kappa shape index (κ2) is 10.2. The number of hydrogen-bond donors (Lipinski definition) is 1. The molecule has 0 spiro atoms. The van der Waals surface area contributed by atoms with Crippen LogP contribution < -0.4 is 19.5 Å². The lowest BCUT2D eigenvalue weighted by Gasteiger charge is -2.14. The van der Waals surface area contributed by atoms with E-state index < -0.39 is 0 Å². The Labute approximate surface area is 169 Å². The zero-order valence-corrected chi connectivity index (χ0v) is 17.8. The molecule has 0 aliphatic carbocycles. The topological polar surface area (TPSA) is 56.8 Å². The Balaban J connectivity index is 2.03. The molecule has 0 bridgehead atoms. The Morgan fingerprint density at radius 1 is 1.04 bits per heavy atom. The lowest BCUT2D eigenvalue weighted by Crippen LogP contribution is -2.23. The summed E-state index contributed by atoms with van der Waals surface area (Å²) in [6.45, 7) is 5.34. The monoisotopic (exact) mass is 435 g/mol. The van der Waals surface area contributed by atoms with Gasteiger partial charge in [0.2, 0.25) is 0 Å². The molecule has 0 fully saturated rings. The van der Waals surface area contributed by atoms with Crippen LogP contribution in [0.3, 0.4) is 0 Å². The lowest BCUT2D eigenvalue weighted by molar-refractivity contribution is 0.0947. The molecule has 0 unspecified atom stereocenters. The van der Waals surface area contributed by atoms with E-state index in [4.69, 9.17) is 14.2 Å². The van der Waals surface area contributed by atoms with Gasteiger partial charge < -0.3 is 19.5 Å². The maximum absolute atomic E-state index is 12.5. The first kappa shape index (κ1) is 21.1. The van der Waals surface area contributed by atoms with Crippen molar-refractivity contribution in [3.05, 3.63) is 52.0 Å². The third-order valence-corrected chi connectivity index (χ3v) is 4.53. The molecule has 2 aromatic carbocycles. The highest BCUT2D eigenvalue weighted by atomic mass is 79.9. The molecule has 5 nitrogen and oxygen atoms in total. The molecule has 0 aromatic heterocycles. The number of methoxy groups -OCH3 is 2. The Hall–Kier alpha value is -2.21. The summed E-state index contributed by atoms with van der Waals surface area (Å²) < 4.78 is 17.3. The van der Waals surface area contributed by atoms with Crippen molar-refractivity contribution in [1.82, 2.24) is 5.32 Å². The summed E-state index contributed by atoms with van der Waals surface area (Å²) in [4.78, 5) is 12.5.